The number of allylic oxidation sites excluding steroid dienone is 2. The quantitative estimate of drug-likeness (QED) is 0.484. The van der Waals surface area contributed by atoms with Gasteiger partial charge in [-0.15, -0.1) is 0 Å². The average Bonchev–Trinajstić information content (AvgIpc) is 2.90. The molecule has 1 aromatic rings. The third-order valence-corrected chi connectivity index (χ3v) is 5.72. The molecule has 4 heteroatoms. The van der Waals surface area contributed by atoms with Gasteiger partial charge in [0, 0.05) is 5.92 Å². The van der Waals surface area contributed by atoms with Gasteiger partial charge >= 0.3 is 11.9 Å². The van der Waals surface area contributed by atoms with Crippen LogP contribution >= 0.6 is 0 Å². The van der Waals surface area contributed by atoms with E-state index in [1.54, 1.807) is 0 Å². The van der Waals surface area contributed by atoms with Crippen LogP contribution in [-0.4, -0.2) is 26.2 Å². The first kappa shape index (κ1) is 16.7. The molecule has 0 heterocycles. The van der Waals surface area contributed by atoms with Crippen molar-refractivity contribution >= 4 is 11.9 Å². The third kappa shape index (κ3) is 2.27. The Morgan fingerprint density at radius 2 is 1.58 bits per heavy atom. The Hall–Kier alpha value is -2.10. The summed E-state index contributed by atoms with van der Waals surface area (Å²) in [6.07, 6.45) is 0.980. The molecule has 4 nitrogen and oxygen atoms in total. The zero-order valence-corrected chi connectivity index (χ0v) is 14.7. The maximum atomic E-state index is 12.4. The summed E-state index contributed by atoms with van der Waals surface area (Å²) in [4.78, 5) is 24.9. The molecule has 0 aromatic heterocycles. The Morgan fingerprint density at radius 1 is 1.00 bits per heavy atom. The number of ether oxygens (including phenoxy) is 2. The van der Waals surface area contributed by atoms with Crippen molar-refractivity contribution in [2.45, 2.75) is 32.6 Å². The van der Waals surface area contributed by atoms with E-state index in [0.717, 1.165) is 0 Å². The third-order valence-electron chi connectivity index (χ3n) is 5.72. The zero-order valence-electron chi connectivity index (χ0n) is 14.7. The molecule has 24 heavy (non-hydrogen) atoms. The van der Waals surface area contributed by atoms with Crippen LogP contribution in [-0.2, 0) is 19.1 Å². The van der Waals surface area contributed by atoms with Gasteiger partial charge in [-0.25, -0.2) is 0 Å². The van der Waals surface area contributed by atoms with Crippen molar-refractivity contribution in [3.05, 3.63) is 47.0 Å². The lowest BCUT2D eigenvalue weighted by atomic mass is 9.59. The van der Waals surface area contributed by atoms with E-state index >= 15 is 0 Å². The van der Waals surface area contributed by atoms with E-state index in [1.807, 2.05) is 18.2 Å². The van der Waals surface area contributed by atoms with Gasteiger partial charge < -0.3 is 9.47 Å². The normalized spacial score (nSPS) is 27.0. The van der Waals surface area contributed by atoms with Gasteiger partial charge in [0.25, 0.3) is 0 Å². The standard InChI is InChI=1S/C20H24O4/c1-12(2)16-14-10-20(18(21)23-3,19(22)24-4)11-15(14)17(16)13-8-6-5-7-9-13/h5-9,14-15,17H,10-11H2,1-4H3/t14-,15+,17-/m0/s1. The fourth-order valence-corrected chi connectivity index (χ4v) is 4.76. The molecule has 0 saturated heterocycles. The minimum absolute atomic E-state index is 0.249. The first-order chi connectivity index (χ1) is 11.5. The van der Waals surface area contributed by atoms with E-state index in [4.69, 9.17) is 9.47 Å². The van der Waals surface area contributed by atoms with Crippen LogP contribution in [0.25, 0.3) is 0 Å². The number of benzene rings is 1. The monoisotopic (exact) mass is 328 g/mol. The average molecular weight is 328 g/mol. The number of esters is 2. The molecule has 1 aromatic carbocycles. The Balaban J connectivity index is 2.01. The van der Waals surface area contributed by atoms with Crippen molar-refractivity contribution in [1.82, 2.24) is 0 Å². The van der Waals surface area contributed by atoms with Crippen molar-refractivity contribution < 1.29 is 19.1 Å². The highest BCUT2D eigenvalue weighted by Crippen LogP contribution is 2.65. The van der Waals surface area contributed by atoms with E-state index in [0.29, 0.717) is 12.8 Å². The smallest absolute Gasteiger partial charge is 0.323 e. The Labute approximate surface area is 142 Å². The summed E-state index contributed by atoms with van der Waals surface area (Å²) in [5.41, 5.74) is 2.72. The maximum absolute atomic E-state index is 12.4. The Bertz CT molecular complexity index is 669. The predicted octanol–water partition coefficient (Wildman–Crippen LogP) is 3.48. The molecule has 2 aliphatic carbocycles. The molecular weight excluding hydrogens is 304 g/mol. The Morgan fingerprint density at radius 3 is 2.08 bits per heavy atom. The van der Waals surface area contributed by atoms with Crippen molar-refractivity contribution in [3.63, 3.8) is 0 Å². The fourth-order valence-electron chi connectivity index (χ4n) is 4.76. The molecule has 2 aliphatic rings. The van der Waals surface area contributed by atoms with Crippen LogP contribution in [0.4, 0.5) is 0 Å². The van der Waals surface area contributed by atoms with Gasteiger partial charge in [0.15, 0.2) is 5.41 Å². The van der Waals surface area contributed by atoms with Crippen molar-refractivity contribution in [3.8, 4) is 0 Å². The molecule has 0 amide bonds. The van der Waals surface area contributed by atoms with Crippen LogP contribution in [0.3, 0.4) is 0 Å². The summed E-state index contributed by atoms with van der Waals surface area (Å²) < 4.78 is 9.93. The summed E-state index contributed by atoms with van der Waals surface area (Å²) in [5, 5.41) is 0. The second-order valence-corrected chi connectivity index (χ2v) is 7.09. The molecule has 0 bridgehead atoms. The molecule has 0 N–H and O–H groups in total. The van der Waals surface area contributed by atoms with E-state index in [1.165, 1.54) is 30.9 Å². The van der Waals surface area contributed by atoms with Crippen LogP contribution in [0, 0.1) is 17.3 Å². The zero-order chi connectivity index (χ0) is 17.5. The number of carbonyl (C=O) groups is 2. The van der Waals surface area contributed by atoms with Crippen LogP contribution in [0.15, 0.2) is 41.5 Å². The van der Waals surface area contributed by atoms with Crippen molar-refractivity contribution in [2.75, 3.05) is 14.2 Å². The van der Waals surface area contributed by atoms with Crippen molar-refractivity contribution in [2.24, 2.45) is 17.3 Å². The van der Waals surface area contributed by atoms with Crippen LogP contribution < -0.4 is 0 Å². The van der Waals surface area contributed by atoms with Gasteiger partial charge in [-0.2, -0.15) is 0 Å². The first-order valence-electron chi connectivity index (χ1n) is 8.35. The van der Waals surface area contributed by atoms with Gasteiger partial charge in [-0.3, -0.25) is 9.59 Å². The van der Waals surface area contributed by atoms with Crippen LogP contribution in [0.2, 0.25) is 0 Å². The molecule has 0 spiro atoms. The lowest BCUT2D eigenvalue weighted by molar-refractivity contribution is -0.168. The molecule has 3 atom stereocenters. The van der Waals surface area contributed by atoms with Gasteiger partial charge in [-0.1, -0.05) is 41.5 Å². The van der Waals surface area contributed by atoms with Crippen molar-refractivity contribution in [1.29, 1.82) is 0 Å². The number of hydrogen-bond acceptors (Lipinski definition) is 4. The van der Waals surface area contributed by atoms with E-state index in [-0.39, 0.29) is 17.8 Å². The number of fused-ring (bicyclic) bond motifs is 1. The largest absolute Gasteiger partial charge is 0.468 e. The number of methoxy groups -OCH3 is 2. The highest BCUT2D eigenvalue weighted by Gasteiger charge is 2.64. The SMILES string of the molecule is COC(=O)C1(C(=O)OC)C[C@@H]2[C@H](C1)C(=C(C)C)[C@H]2c1ccccc1. The van der Waals surface area contributed by atoms with Gasteiger partial charge in [-0.05, 0) is 44.1 Å². The lowest BCUT2D eigenvalue weighted by Crippen LogP contribution is -2.39. The van der Waals surface area contributed by atoms with Gasteiger partial charge in [0.2, 0.25) is 0 Å². The second kappa shape index (κ2) is 6.08. The summed E-state index contributed by atoms with van der Waals surface area (Å²) in [5.74, 6) is -0.140. The summed E-state index contributed by atoms with van der Waals surface area (Å²) in [6.45, 7) is 4.22. The van der Waals surface area contributed by atoms with E-state index in [9.17, 15) is 9.59 Å². The summed E-state index contributed by atoms with van der Waals surface area (Å²) in [6, 6.07) is 10.3. The predicted molar refractivity (Wildman–Crippen MR) is 90.2 cm³/mol. The summed E-state index contributed by atoms with van der Waals surface area (Å²) in [7, 11) is 2.67. The molecule has 0 aliphatic heterocycles. The minimum Gasteiger partial charge on any atom is -0.468 e. The van der Waals surface area contributed by atoms with E-state index < -0.39 is 17.4 Å². The van der Waals surface area contributed by atoms with Crippen LogP contribution in [0.1, 0.15) is 38.2 Å². The molecule has 2 fully saturated rings. The molecule has 0 unspecified atom stereocenters. The molecule has 2 saturated carbocycles. The maximum Gasteiger partial charge on any atom is 0.323 e. The minimum atomic E-state index is -1.16. The molecule has 3 rings (SSSR count). The summed E-state index contributed by atoms with van der Waals surface area (Å²) >= 11 is 0. The number of rotatable bonds is 3. The number of hydrogen-bond donors (Lipinski definition) is 0. The second-order valence-electron chi connectivity index (χ2n) is 7.09. The van der Waals surface area contributed by atoms with Crippen LogP contribution in [0.5, 0.6) is 0 Å². The van der Waals surface area contributed by atoms with Gasteiger partial charge in [0.05, 0.1) is 14.2 Å². The molecule has 0 radical (unpaired) electrons. The fraction of sp³-hybridized carbons (Fsp3) is 0.500. The lowest BCUT2D eigenvalue weighted by Gasteiger charge is -2.45. The topological polar surface area (TPSA) is 52.6 Å². The highest BCUT2D eigenvalue weighted by molar-refractivity contribution is 6.00. The first-order valence-corrected chi connectivity index (χ1v) is 8.35. The van der Waals surface area contributed by atoms with E-state index in [2.05, 4.69) is 26.0 Å². The molecular formula is C20H24O4. The highest BCUT2D eigenvalue weighted by atomic mass is 16.5. The Kier molecular flexibility index (Phi) is 4.24. The molecule has 128 valence electrons. The van der Waals surface area contributed by atoms with Gasteiger partial charge in [0.1, 0.15) is 0 Å². The number of carbonyl (C=O) groups excluding carboxylic acids is 2.